The van der Waals surface area contributed by atoms with Gasteiger partial charge in [0.2, 0.25) is 0 Å². The van der Waals surface area contributed by atoms with E-state index in [2.05, 4.69) is 83.1 Å². The van der Waals surface area contributed by atoms with E-state index in [9.17, 15) is 4.79 Å². The fraction of sp³-hybridized carbons (Fsp3) is 0.708. The van der Waals surface area contributed by atoms with Crippen LogP contribution in [0.2, 0.25) is 0 Å². The van der Waals surface area contributed by atoms with Crippen molar-refractivity contribution in [1.82, 2.24) is 0 Å². The molecule has 0 saturated carbocycles. The molecule has 0 spiro atoms. The van der Waals surface area contributed by atoms with Crippen LogP contribution in [0.4, 0.5) is 0 Å². The second kappa shape index (κ2) is 9.33. The van der Waals surface area contributed by atoms with Gasteiger partial charge in [0.1, 0.15) is 11.5 Å². The van der Waals surface area contributed by atoms with Gasteiger partial charge in [-0.1, -0.05) is 83.1 Å². The Balaban J connectivity index is 3.48. The van der Waals surface area contributed by atoms with Gasteiger partial charge in [-0.15, -0.1) is 0 Å². The van der Waals surface area contributed by atoms with Gasteiger partial charge >= 0.3 is 5.97 Å². The Morgan fingerprint density at radius 2 is 0.933 bits per heavy atom. The van der Waals surface area contributed by atoms with Crippen LogP contribution >= 0.6 is 16.3 Å². The summed E-state index contributed by atoms with van der Waals surface area (Å²) in [7, 11) is -0.277. The maximum atomic E-state index is 12.4. The van der Waals surface area contributed by atoms with Crippen molar-refractivity contribution in [3.8, 4) is 11.5 Å². The van der Waals surface area contributed by atoms with Gasteiger partial charge in [0.15, 0.2) is 0 Å². The zero-order valence-electron chi connectivity index (χ0n) is 21.3. The number of rotatable bonds is 5. The summed E-state index contributed by atoms with van der Waals surface area (Å²) < 4.78 is 18.1. The summed E-state index contributed by atoms with van der Waals surface area (Å²) in [6.07, 6.45) is 0. The molecule has 1 aromatic carbocycles. The number of hydrogen-bond acceptors (Lipinski definition) is 4. The lowest BCUT2D eigenvalue weighted by Gasteiger charge is -2.40. The molecule has 0 heterocycles. The molecule has 4 nitrogen and oxygen atoms in total. The van der Waals surface area contributed by atoms with Crippen LogP contribution in [0.15, 0.2) is 18.2 Å². The lowest BCUT2D eigenvalue weighted by Crippen LogP contribution is -2.28. The highest BCUT2D eigenvalue weighted by Gasteiger charge is 2.39. The summed E-state index contributed by atoms with van der Waals surface area (Å²) in [5, 5.41) is -0.0583. The van der Waals surface area contributed by atoms with Gasteiger partial charge in [-0.05, 0) is 12.1 Å². The van der Waals surface area contributed by atoms with Crippen LogP contribution in [-0.2, 0) is 4.74 Å². The topological polar surface area (TPSA) is 44.8 Å². The lowest BCUT2D eigenvalue weighted by molar-refractivity contribution is 0.0600. The van der Waals surface area contributed by atoms with Crippen LogP contribution in [0, 0.1) is 0 Å². The maximum Gasteiger partial charge on any atom is 0.338 e. The molecule has 0 aliphatic heterocycles. The SMILES string of the molecule is COC(=O)c1cc(OP(C(C)(C)C)C(C)(C)C)cc(OP(C(C)(C)C)C(C)(C)C)c1. The molecule has 0 radical (unpaired) electrons. The molecule has 0 bridgehead atoms. The second-order valence-corrected chi connectivity index (χ2v) is 18.5. The Labute approximate surface area is 187 Å². The smallest absolute Gasteiger partial charge is 0.338 e. The van der Waals surface area contributed by atoms with Crippen molar-refractivity contribution >= 4 is 22.3 Å². The Morgan fingerprint density at radius 1 is 0.633 bits per heavy atom. The Hall–Kier alpha value is -0.850. The molecule has 6 heteroatoms. The second-order valence-electron chi connectivity index (χ2n) is 11.6. The van der Waals surface area contributed by atoms with E-state index in [4.69, 9.17) is 13.8 Å². The van der Waals surface area contributed by atoms with E-state index in [1.807, 2.05) is 6.07 Å². The minimum absolute atomic E-state index is 0.0146. The predicted octanol–water partition coefficient (Wildman–Crippen LogP) is 8.22. The third-order valence-corrected chi connectivity index (χ3v) is 9.79. The van der Waals surface area contributed by atoms with Crippen LogP contribution in [0.1, 0.15) is 93.4 Å². The Bertz CT molecular complexity index is 651. The van der Waals surface area contributed by atoms with Gasteiger partial charge in [-0.3, -0.25) is 0 Å². The molecule has 0 N–H and O–H groups in total. The molecule has 0 aliphatic carbocycles. The molecule has 0 fully saturated rings. The highest BCUT2D eigenvalue weighted by molar-refractivity contribution is 7.56. The van der Waals surface area contributed by atoms with E-state index in [1.165, 1.54) is 7.11 Å². The van der Waals surface area contributed by atoms with Crippen LogP contribution in [-0.4, -0.2) is 33.7 Å². The van der Waals surface area contributed by atoms with Crippen molar-refractivity contribution in [3.63, 3.8) is 0 Å². The third-order valence-electron chi connectivity index (χ3n) is 4.13. The summed E-state index contributed by atoms with van der Waals surface area (Å²) in [5.41, 5.74) is 0.445. The molecule has 1 aromatic rings. The lowest BCUT2D eigenvalue weighted by atomic mass is 10.2. The molecule has 30 heavy (non-hydrogen) atoms. The van der Waals surface area contributed by atoms with E-state index in [0.29, 0.717) is 17.1 Å². The zero-order chi connectivity index (χ0) is 23.7. The van der Waals surface area contributed by atoms with E-state index >= 15 is 0 Å². The number of carbonyl (C=O) groups is 1. The van der Waals surface area contributed by atoms with Crippen LogP contribution in [0.25, 0.3) is 0 Å². The predicted molar refractivity (Wildman–Crippen MR) is 132 cm³/mol. The molecule has 172 valence electrons. The summed E-state index contributed by atoms with van der Waals surface area (Å²) >= 11 is 0. The molecule has 1 rings (SSSR count). The average molecular weight is 457 g/mol. The number of hydrogen-bond donors (Lipinski definition) is 0. The van der Waals surface area contributed by atoms with Crippen LogP contribution in [0.5, 0.6) is 11.5 Å². The van der Waals surface area contributed by atoms with Crippen molar-refractivity contribution in [2.45, 2.75) is 104 Å². The molecule has 0 aliphatic rings. The van der Waals surface area contributed by atoms with E-state index < -0.39 is 22.3 Å². The van der Waals surface area contributed by atoms with Gasteiger partial charge in [-0.25, -0.2) is 4.79 Å². The van der Waals surface area contributed by atoms with Crippen molar-refractivity contribution in [2.24, 2.45) is 0 Å². The standard InChI is InChI=1S/C24H42O4P2/c1-21(2,3)29(22(4,5)6)27-18-14-17(20(25)26-13)15-19(16-18)28-30(23(7,8)9)24(10,11)12/h14-16H,1-13H3. The molecule has 0 aromatic heterocycles. The Kier molecular flexibility index (Phi) is 8.46. The summed E-state index contributed by atoms with van der Waals surface area (Å²) in [4.78, 5) is 12.4. The van der Waals surface area contributed by atoms with Crippen molar-refractivity contribution in [2.75, 3.05) is 7.11 Å². The third kappa shape index (κ3) is 7.69. The van der Waals surface area contributed by atoms with Gasteiger partial charge < -0.3 is 13.8 Å². The fourth-order valence-corrected chi connectivity index (χ4v) is 9.44. The summed E-state index contributed by atoms with van der Waals surface area (Å²) in [6, 6.07) is 5.45. The maximum absolute atomic E-state index is 12.4. The van der Waals surface area contributed by atoms with Gasteiger partial charge in [0.05, 0.1) is 29.0 Å². The average Bonchev–Trinajstić information content (AvgIpc) is 2.52. The molecular formula is C24H42O4P2. The fourth-order valence-electron chi connectivity index (χ4n) is 3.68. The number of esters is 1. The molecule has 0 amide bonds. The van der Waals surface area contributed by atoms with Crippen molar-refractivity contribution in [3.05, 3.63) is 23.8 Å². The van der Waals surface area contributed by atoms with E-state index in [0.717, 1.165) is 0 Å². The normalized spacial score (nSPS) is 13.6. The largest absolute Gasteiger partial charge is 0.473 e. The summed E-state index contributed by atoms with van der Waals surface area (Å²) in [6.45, 7) is 26.4. The molecular weight excluding hydrogens is 414 g/mol. The number of ether oxygens (including phenoxy) is 1. The highest BCUT2D eigenvalue weighted by atomic mass is 31.1. The van der Waals surface area contributed by atoms with Crippen LogP contribution < -0.4 is 9.05 Å². The number of carbonyl (C=O) groups excluding carboxylic acids is 1. The quantitative estimate of drug-likeness (QED) is 0.331. The van der Waals surface area contributed by atoms with Crippen molar-refractivity contribution < 1.29 is 18.6 Å². The first kappa shape index (κ1) is 27.2. The van der Waals surface area contributed by atoms with Gasteiger partial charge in [-0.2, -0.15) is 0 Å². The Morgan fingerprint density at radius 3 is 1.17 bits per heavy atom. The minimum Gasteiger partial charge on any atom is -0.473 e. The zero-order valence-corrected chi connectivity index (χ0v) is 23.0. The number of benzene rings is 1. The monoisotopic (exact) mass is 456 g/mol. The molecule has 0 saturated heterocycles. The van der Waals surface area contributed by atoms with E-state index in [1.54, 1.807) is 12.1 Å². The van der Waals surface area contributed by atoms with Crippen LogP contribution in [0.3, 0.4) is 0 Å². The first-order chi connectivity index (χ1) is 13.3. The van der Waals surface area contributed by atoms with E-state index in [-0.39, 0.29) is 20.6 Å². The van der Waals surface area contributed by atoms with Gasteiger partial charge in [0.25, 0.3) is 0 Å². The van der Waals surface area contributed by atoms with Crippen molar-refractivity contribution in [1.29, 1.82) is 0 Å². The number of methoxy groups -OCH3 is 1. The minimum atomic E-state index is -0.835. The molecule has 0 unspecified atom stereocenters. The first-order valence-electron chi connectivity index (χ1n) is 10.5. The first-order valence-corrected chi connectivity index (χ1v) is 13.0. The summed E-state index contributed by atoms with van der Waals surface area (Å²) in [5.74, 6) is 0.917. The molecule has 0 atom stereocenters. The van der Waals surface area contributed by atoms with Gasteiger partial charge in [0, 0.05) is 26.7 Å². The highest BCUT2D eigenvalue weighted by Crippen LogP contribution is 2.61.